The van der Waals surface area contributed by atoms with Gasteiger partial charge in [-0.15, -0.1) is 0 Å². The molecular formula is C18H21N7O2. The Morgan fingerprint density at radius 3 is 2.63 bits per heavy atom. The number of rotatable bonds is 7. The zero-order valence-electron chi connectivity index (χ0n) is 14.9. The van der Waals surface area contributed by atoms with Gasteiger partial charge in [-0.3, -0.25) is 15.0 Å². The van der Waals surface area contributed by atoms with Crippen LogP contribution in [0.3, 0.4) is 0 Å². The Hall–Kier alpha value is -3.25. The van der Waals surface area contributed by atoms with Crippen LogP contribution < -0.4 is 10.2 Å². The SMILES string of the molecule is N#Cc1ccc(NCCCN2CCN(c3ncccn3)CC2)c([N+](=O)[O-])c1. The van der Waals surface area contributed by atoms with E-state index in [1.807, 2.05) is 12.1 Å². The third-order valence-corrected chi connectivity index (χ3v) is 4.50. The van der Waals surface area contributed by atoms with Crippen LogP contribution in [0, 0.1) is 21.4 Å². The molecule has 9 heteroatoms. The molecule has 2 heterocycles. The van der Waals surface area contributed by atoms with Gasteiger partial charge in [0.05, 0.1) is 16.6 Å². The first-order valence-electron chi connectivity index (χ1n) is 8.84. The fourth-order valence-corrected chi connectivity index (χ4v) is 3.05. The molecule has 1 N–H and O–H groups in total. The van der Waals surface area contributed by atoms with Crippen LogP contribution in [0.15, 0.2) is 36.7 Å². The summed E-state index contributed by atoms with van der Waals surface area (Å²) in [6, 6.07) is 8.21. The summed E-state index contributed by atoms with van der Waals surface area (Å²) >= 11 is 0. The quantitative estimate of drug-likeness (QED) is 0.448. The summed E-state index contributed by atoms with van der Waals surface area (Å²) < 4.78 is 0. The first kappa shape index (κ1) is 18.5. The van der Waals surface area contributed by atoms with Gasteiger partial charge < -0.3 is 10.2 Å². The van der Waals surface area contributed by atoms with E-state index in [1.54, 1.807) is 24.5 Å². The van der Waals surface area contributed by atoms with Gasteiger partial charge in [0.2, 0.25) is 5.95 Å². The molecule has 9 nitrogen and oxygen atoms in total. The first-order chi connectivity index (χ1) is 13.2. The zero-order valence-corrected chi connectivity index (χ0v) is 14.9. The van der Waals surface area contributed by atoms with Gasteiger partial charge in [0, 0.05) is 51.2 Å². The average molecular weight is 367 g/mol. The second kappa shape index (κ2) is 8.91. The van der Waals surface area contributed by atoms with Gasteiger partial charge >= 0.3 is 0 Å². The lowest BCUT2D eigenvalue weighted by Gasteiger charge is -2.34. The van der Waals surface area contributed by atoms with Crippen molar-refractivity contribution in [2.24, 2.45) is 0 Å². The fourth-order valence-electron chi connectivity index (χ4n) is 3.05. The van der Waals surface area contributed by atoms with Crippen molar-refractivity contribution in [1.82, 2.24) is 14.9 Å². The van der Waals surface area contributed by atoms with Crippen molar-refractivity contribution in [3.05, 3.63) is 52.3 Å². The Kier molecular flexibility index (Phi) is 6.12. The van der Waals surface area contributed by atoms with Crippen molar-refractivity contribution in [1.29, 1.82) is 5.26 Å². The van der Waals surface area contributed by atoms with E-state index in [0.29, 0.717) is 12.2 Å². The Morgan fingerprint density at radius 1 is 1.22 bits per heavy atom. The van der Waals surface area contributed by atoms with Gasteiger partial charge in [-0.1, -0.05) is 0 Å². The lowest BCUT2D eigenvalue weighted by molar-refractivity contribution is -0.384. The molecule has 1 aliphatic rings. The predicted molar refractivity (Wildman–Crippen MR) is 102 cm³/mol. The van der Waals surface area contributed by atoms with E-state index in [9.17, 15) is 10.1 Å². The topological polar surface area (TPSA) is 111 Å². The molecule has 1 saturated heterocycles. The Balaban J connectivity index is 1.43. The van der Waals surface area contributed by atoms with Gasteiger partial charge in [-0.2, -0.15) is 5.26 Å². The van der Waals surface area contributed by atoms with E-state index >= 15 is 0 Å². The minimum absolute atomic E-state index is 0.0643. The van der Waals surface area contributed by atoms with E-state index in [-0.39, 0.29) is 11.3 Å². The van der Waals surface area contributed by atoms with Gasteiger partial charge in [-0.25, -0.2) is 9.97 Å². The van der Waals surface area contributed by atoms with Gasteiger partial charge in [-0.05, 0) is 31.2 Å². The van der Waals surface area contributed by atoms with E-state index < -0.39 is 4.92 Å². The summed E-state index contributed by atoms with van der Waals surface area (Å²) in [5.41, 5.74) is 0.670. The molecule has 0 unspecified atom stereocenters. The number of nitro groups is 1. The second-order valence-corrected chi connectivity index (χ2v) is 6.26. The number of nitro benzene ring substituents is 1. The number of benzene rings is 1. The van der Waals surface area contributed by atoms with Crippen LogP contribution in [0.5, 0.6) is 0 Å². The van der Waals surface area contributed by atoms with Crippen LogP contribution in [-0.4, -0.2) is 59.1 Å². The fraction of sp³-hybridized carbons (Fsp3) is 0.389. The molecule has 0 saturated carbocycles. The van der Waals surface area contributed by atoms with E-state index in [2.05, 4.69) is 25.1 Å². The Bertz CT molecular complexity index is 814. The van der Waals surface area contributed by atoms with Gasteiger partial charge in [0.1, 0.15) is 5.69 Å². The third-order valence-electron chi connectivity index (χ3n) is 4.50. The summed E-state index contributed by atoms with van der Waals surface area (Å²) in [5.74, 6) is 0.770. The van der Waals surface area contributed by atoms with Crippen LogP contribution >= 0.6 is 0 Å². The number of anilines is 2. The number of hydrogen-bond donors (Lipinski definition) is 1. The standard InChI is InChI=1S/C18H21N7O2/c19-14-15-3-4-16(17(13-15)25(26)27)20-7-2-8-23-9-11-24(12-10-23)18-21-5-1-6-22-18/h1,3-6,13,20H,2,7-12H2. The highest BCUT2D eigenvalue weighted by molar-refractivity contribution is 5.64. The lowest BCUT2D eigenvalue weighted by Crippen LogP contribution is -2.47. The largest absolute Gasteiger partial charge is 0.379 e. The molecule has 1 aromatic carbocycles. The summed E-state index contributed by atoms with van der Waals surface area (Å²) in [7, 11) is 0. The number of aromatic nitrogens is 2. The Labute approximate surface area is 157 Å². The molecule has 3 rings (SSSR count). The number of piperazine rings is 1. The molecule has 0 aliphatic carbocycles. The smallest absolute Gasteiger partial charge is 0.293 e. The minimum atomic E-state index is -0.464. The molecule has 0 amide bonds. The Morgan fingerprint density at radius 2 is 1.96 bits per heavy atom. The molecule has 140 valence electrons. The molecular weight excluding hydrogens is 346 g/mol. The maximum Gasteiger partial charge on any atom is 0.293 e. The molecule has 1 aromatic heterocycles. The van der Waals surface area contributed by atoms with Crippen molar-refractivity contribution in [3.63, 3.8) is 0 Å². The normalized spacial score (nSPS) is 14.6. The van der Waals surface area contributed by atoms with Gasteiger partial charge in [0.15, 0.2) is 0 Å². The summed E-state index contributed by atoms with van der Waals surface area (Å²) in [6.07, 6.45) is 4.38. The van der Waals surface area contributed by atoms with E-state index in [4.69, 9.17) is 5.26 Å². The van der Waals surface area contributed by atoms with Crippen molar-refractivity contribution in [2.75, 3.05) is 49.5 Å². The van der Waals surface area contributed by atoms with Crippen molar-refractivity contribution in [3.8, 4) is 6.07 Å². The van der Waals surface area contributed by atoms with Crippen molar-refractivity contribution < 1.29 is 4.92 Å². The second-order valence-electron chi connectivity index (χ2n) is 6.26. The highest BCUT2D eigenvalue weighted by Gasteiger charge is 2.18. The van der Waals surface area contributed by atoms with Gasteiger partial charge in [0.25, 0.3) is 5.69 Å². The molecule has 27 heavy (non-hydrogen) atoms. The van der Waals surface area contributed by atoms with E-state index in [1.165, 1.54) is 6.07 Å². The van der Waals surface area contributed by atoms with E-state index in [0.717, 1.165) is 45.1 Å². The zero-order chi connectivity index (χ0) is 19.1. The lowest BCUT2D eigenvalue weighted by atomic mass is 10.2. The van der Waals surface area contributed by atoms with Crippen molar-refractivity contribution >= 4 is 17.3 Å². The van der Waals surface area contributed by atoms with Crippen molar-refractivity contribution in [2.45, 2.75) is 6.42 Å². The highest BCUT2D eigenvalue weighted by Crippen LogP contribution is 2.25. The van der Waals surface area contributed by atoms with Crippen LogP contribution in [0.4, 0.5) is 17.3 Å². The molecule has 1 aliphatic heterocycles. The highest BCUT2D eigenvalue weighted by atomic mass is 16.6. The maximum atomic E-state index is 11.2. The summed E-state index contributed by atoms with van der Waals surface area (Å²) in [6.45, 7) is 5.21. The van der Waals surface area contributed by atoms with Crippen LogP contribution in [0.2, 0.25) is 0 Å². The number of nitrogens with one attached hydrogen (secondary N) is 1. The molecule has 0 radical (unpaired) electrons. The summed E-state index contributed by atoms with van der Waals surface area (Å²) in [4.78, 5) is 23.8. The third kappa shape index (κ3) is 4.89. The monoisotopic (exact) mass is 367 g/mol. The molecule has 2 aromatic rings. The maximum absolute atomic E-state index is 11.2. The minimum Gasteiger partial charge on any atom is -0.379 e. The molecule has 0 bridgehead atoms. The molecule has 0 spiro atoms. The number of nitriles is 1. The van der Waals surface area contributed by atoms with Crippen LogP contribution in [-0.2, 0) is 0 Å². The molecule has 1 fully saturated rings. The summed E-state index contributed by atoms with van der Waals surface area (Å²) in [5, 5.41) is 23.1. The number of nitrogens with zero attached hydrogens (tertiary/aromatic N) is 6. The number of hydrogen-bond acceptors (Lipinski definition) is 8. The average Bonchev–Trinajstić information content (AvgIpc) is 2.72. The first-order valence-corrected chi connectivity index (χ1v) is 8.84. The van der Waals surface area contributed by atoms with Crippen LogP contribution in [0.25, 0.3) is 0 Å². The van der Waals surface area contributed by atoms with Crippen LogP contribution in [0.1, 0.15) is 12.0 Å². The molecule has 0 atom stereocenters. The predicted octanol–water partition coefficient (Wildman–Crippen LogP) is 1.88.